The van der Waals surface area contributed by atoms with E-state index in [1.54, 1.807) is 0 Å². The second kappa shape index (κ2) is 2.53. The van der Waals surface area contributed by atoms with Crippen molar-refractivity contribution in [2.24, 2.45) is 0 Å². The number of aromatic amines is 1. The van der Waals surface area contributed by atoms with Gasteiger partial charge in [-0.2, -0.15) is 13.5 Å². The molecule has 1 heterocycles. The number of rotatable bonds is 1. The Balaban J connectivity index is 2.75. The van der Waals surface area contributed by atoms with Crippen molar-refractivity contribution >= 4 is 21.1 Å². The molecule has 0 saturated heterocycles. The van der Waals surface area contributed by atoms with E-state index in [4.69, 9.17) is 0 Å². The van der Waals surface area contributed by atoms with E-state index in [2.05, 4.69) is 10.2 Å². The summed E-state index contributed by atoms with van der Waals surface area (Å²) in [6.45, 7) is 0. The highest BCUT2D eigenvalue weighted by Gasteiger charge is 2.12. The molecule has 0 aliphatic carbocycles. The molecule has 0 amide bonds. The Morgan fingerprint density at radius 3 is 2.85 bits per heavy atom. The van der Waals surface area contributed by atoms with Gasteiger partial charge < -0.3 is 0 Å². The third kappa shape index (κ3) is 1.40. The maximum Gasteiger partial charge on any atom is 0.332 e. The van der Waals surface area contributed by atoms with E-state index < -0.39 is 10.2 Å². The molecule has 0 fully saturated rings. The number of halogens is 1. The number of benzene rings is 1. The Morgan fingerprint density at radius 2 is 2.15 bits per heavy atom. The van der Waals surface area contributed by atoms with Crippen LogP contribution in [0.5, 0.6) is 0 Å². The van der Waals surface area contributed by atoms with Crippen molar-refractivity contribution in [3.8, 4) is 0 Å². The first-order valence-electron chi connectivity index (χ1n) is 3.45. The van der Waals surface area contributed by atoms with Crippen molar-refractivity contribution in [3.63, 3.8) is 0 Å². The smallest absolute Gasteiger partial charge is 0.278 e. The summed E-state index contributed by atoms with van der Waals surface area (Å²) in [7, 11) is -4.62. The van der Waals surface area contributed by atoms with Crippen molar-refractivity contribution in [2.75, 3.05) is 0 Å². The molecule has 2 rings (SSSR count). The summed E-state index contributed by atoms with van der Waals surface area (Å²) >= 11 is 0. The molecular formula is C7H5FN2O2S. The number of H-pyrrole nitrogens is 1. The fourth-order valence-corrected chi connectivity index (χ4v) is 1.56. The van der Waals surface area contributed by atoms with Crippen LogP contribution in [0, 0.1) is 0 Å². The van der Waals surface area contributed by atoms with E-state index in [1.807, 2.05) is 0 Å². The molecule has 1 N–H and O–H groups in total. The monoisotopic (exact) mass is 200 g/mol. The Labute approximate surface area is 73.6 Å². The average Bonchev–Trinajstić information content (AvgIpc) is 2.47. The summed E-state index contributed by atoms with van der Waals surface area (Å²) in [5, 5.41) is 6.98. The SMILES string of the molecule is O=S(=O)(F)c1ccc2cn[nH]c2c1. The van der Waals surface area contributed by atoms with Crippen LogP contribution in [0.3, 0.4) is 0 Å². The highest BCUT2D eigenvalue weighted by molar-refractivity contribution is 7.86. The van der Waals surface area contributed by atoms with Gasteiger partial charge in [0.05, 0.1) is 11.7 Å². The van der Waals surface area contributed by atoms with Crippen LogP contribution in [0.4, 0.5) is 3.89 Å². The van der Waals surface area contributed by atoms with Gasteiger partial charge in [-0.3, -0.25) is 5.10 Å². The normalized spacial score (nSPS) is 12.1. The minimum atomic E-state index is -4.62. The molecule has 0 saturated carbocycles. The van der Waals surface area contributed by atoms with Crippen LogP contribution in [0.15, 0.2) is 29.3 Å². The zero-order valence-electron chi connectivity index (χ0n) is 6.36. The number of hydrogen-bond acceptors (Lipinski definition) is 3. The molecular weight excluding hydrogens is 195 g/mol. The lowest BCUT2D eigenvalue weighted by atomic mass is 10.3. The molecule has 2 aromatic rings. The fraction of sp³-hybridized carbons (Fsp3) is 0. The van der Waals surface area contributed by atoms with Crippen LogP contribution in [0.1, 0.15) is 0 Å². The van der Waals surface area contributed by atoms with Gasteiger partial charge in [0.1, 0.15) is 4.90 Å². The lowest BCUT2D eigenvalue weighted by Gasteiger charge is -1.93. The number of aromatic nitrogens is 2. The van der Waals surface area contributed by atoms with Crippen molar-refractivity contribution in [1.82, 2.24) is 10.2 Å². The van der Waals surface area contributed by atoms with E-state index in [9.17, 15) is 12.3 Å². The molecule has 0 aliphatic heterocycles. The first-order valence-corrected chi connectivity index (χ1v) is 4.83. The van der Waals surface area contributed by atoms with Gasteiger partial charge in [0.15, 0.2) is 0 Å². The van der Waals surface area contributed by atoms with Crippen LogP contribution in [0.25, 0.3) is 10.9 Å². The van der Waals surface area contributed by atoms with E-state index >= 15 is 0 Å². The molecule has 0 spiro atoms. The molecule has 1 aromatic carbocycles. The molecule has 0 bridgehead atoms. The van der Waals surface area contributed by atoms with Crippen molar-refractivity contribution in [3.05, 3.63) is 24.4 Å². The van der Waals surface area contributed by atoms with Crippen molar-refractivity contribution in [1.29, 1.82) is 0 Å². The minimum absolute atomic E-state index is 0.357. The molecule has 68 valence electrons. The third-order valence-electron chi connectivity index (χ3n) is 1.69. The summed E-state index contributed by atoms with van der Waals surface area (Å²) in [6.07, 6.45) is 1.53. The Hall–Kier alpha value is -1.43. The number of fused-ring (bicyclic) bond motifs is 1. The van der Waals surface area contributed by atoms with Gasteiger partial charge in [0.2, 0.25) is 0 Å². The highest BCUT2D eigenvalue weighted by Crippen LogP contribution is 2.17. The largest absolute Gasteiger partial charge is 0.332 e. The zero-order chi connectivity index (χ0) is 9.47. The summed E-state index contributed by atoms with van der Waals surface area (Å²) in [4.78, 5) is -0.357. The molecule has 0 unspecified atom stereocenters. The maximum atomic E-state index is 12.5. The predicted molar refractivity (Wildman–Crippen MR) is 44.4 cm³/mol. The van der Waals surface area contributed by atoms with Crippen LogP contribution in [-0.2, 0) is 10.2 Å². The predicted octanol–water partition coefficient (Wildman–Crippen LogP) is 1.22. The summed E-state index contributed by atoms with van der Waals surface area (Å²) in [5.41, 5.74) is 0.499. The second-order valence-corrected chi connectivity index (χ2v) is 3.90. The van der Waals surface area contributed by atoms with E-state index in [0.29, 0.717) is 5.52 Å². The van der Waals surface area contributed by atoms with Gasteiger partial charge in [-0.1, -0.05) is 0 Å². The van der Waals surface area contributed by atoms with E-state index in [1.165, 1.54) is 24.4 Å². The summed E-state index contributed by atoms with van der Waals surface area (Å²) in [5.74, 6) is 0. The number of nitrogens with one attached hydrogen (secondary N) is 1. The molecule has 6 heteroatoms. The van der Waals surface area contributed by atoms with Crippen LogP contribution in [-0.4, -0.2) is 18.6 Å². The van der Waals surface area contributed by atoms with Crippen LogP contribution in [0.2, 0.25) is 0 Å². The van der Waals surface area contributed by atoms with Gasteiger partial charge in [0.25, 0.3) is 0 Å². The minimum Gasteiger partial charge on any atom is -0.278 e. The van der Waals surface area contributed by atoms with Crippen molar-refractivity contribution in [2.45, 2.75) is 4.90 Å². The number of hydrogen-bond donors (Lipinski definition) is 1. The summed E-state index contributed by atoms with van der Waals surface area (Å²) in [6, 6.07) is 3.90. The Morgan fingerprint density at radius 1 is 1.38 bits per heavy atom. The number of nitrogens with zero attached hydrogens (tertiary/aromatic N) is 1. The van der Waals surface area contributed by atoms with Gasteiger partial charge in [0, 0.05) is 5.39 Å². The molecule has 0 radical (unpaired) electrons. The fourth-order valence-electron chi connectivity index (χ4n) is 1.07. The Kier molecular flexibility index (Phi) is 1.59. The highest BCUT2D eigenvalue weighted by atomic mass is 32.3. The van der Waals surface area contributed by atoms with Gasteiger partial charge >= 0.3 is 10.2 Å². The van der Waals surface area contributed by atoms with E-state index in [-0.39, 0.29) is 4.90 Å². The van der Waals surface area contributed by atoms with E-state index in [0.717, 1.165) is 5.39 Å². The standard InChI is InChI=1S/C7H5FN2O2S/c8-13(11,12)6-2-1-5-4-9-10-7(5)3-6/h1-4H,(H,9,10). The quantitative estimate of drug-likeness (QED) is 0.704. The van der Waals surface area contributed by atoms with Gasteiger partial charge in [-0.25, -0.2) is 0 Å². The second-order valence-electron chi connectivity index (χ2n) is 2.56. The first kappa shape index (κ1) is 8.18. The first-order chi connectivity index (χ1) is 6.07. The van der Waals surface area contributed by atoms with Crippen molar-refractivity contribution < 1.29 is 12.3 Å². The molecule has 1 aromatic heterocycles. The lowest BCUT2D eigenvalue weighted by Crippen LogP contribution is -1.90. The lowest BCUT2D eigenvalue weighted by molar-refractivity contribution is 0.552. The molecule has 0 aliphatic rings. The van der Waals surface area contributed by atoms with Crippen LogP contribution < -0.4 is 0 Å². The Bertz CT molecular complexity index is 546. The van der Waals surface area contributed by atoms with Gasteiger partial charge in [-0.15, -0.1) is 3.89 Å². The summed E-state index contributed by atoms with van der Waals surface area (Å²) < 4.78 is 33.5. The zero-order valence-corrected chi connectivity index (χ0v) is 7.18. The molecule has 13 heavy (non-hydrogen) atoms. The molecule has 0 atom stereocenters. The maximum absolute atomic E-state index is 12.5. The topological polar surface area (TPSA) is 62.8 Å². The third-order valence-corrected chi connectivity index (χ3v) is 2.51. The molecule has 4 nitrogen and oxygen atoms in total. The van der Waals surface area contributed by atoms with Gasteiger partial charge in [-0.05, 0) is 18.2 Å². The van der Waals surface area contributed by atoms with Crippen LogP contribution >= 0.6 is 0 Å². The average molecular weight is 200 g/mol.